The molecule has 5 heteroatoms. The predicted octanol–water partition coefficient (Wildman–Crippen LogP) is -9.75. The van der Waals surface area contributed by atoms with Crippen LogP contribution in [-0.2, 0) is 0 Å². The molecule has 32 valence electrons. The Hall–Kier alpha value is 4.19. The predicted molar refractivity (Wildman–Crippen MR) is 21.4 cm³/mol. The van der Waals surface area contributed by atoms with E-state index in [1.807, 2.05) is 0 Å². The molecule has 0 saturated heterocycles. The third kappa shape index (κ3) is 25.4. The second kappa shape index (κ2) is 22.5. The van der Waals surface area contributed by atoms with Crippen LogP contribution in [0.2, 0.25) is 0 Å². The van der Waals surface area contributed by atoms with Crippen molar-refractivity contribution in [3.63, 3.8) is 0 Å². The van der Waals surface area contributed by atoms with E-state index in [4.69, 9.17) is 11.5 Å². The van der Waals surface area contributed by atoms with Gasteiger partial charge in [0.05, 0.1) is 0 Å². The Labute approximate surface area is 156 Å². The van der Waals surface area contributed by atoms with Gasteiger partial charge in [0.25, 0.3) is 0 Å². The Morgan fingerprint density at radius 1 is 1.00 bits per heavy atom. The van der Waals surface area contributed by atoms with Gasteiger partial charge in [0.2, 0.25) is 0 Å². The molecule has 0 bridgehead atoms. The Kier molecular flexibility index (Phi) is 72.1. The quantitative estimate of drug-likeness (QED) is 0.378. The van der Waals surface area contributed by atoms with E-state index >= 15 is 0 Å². The minimum atomic E-state index is 0. The Morgan fingerprint density at radius 3 is 1.14 bits per heavy atom. The fourth-order valence-electron chi connectivity index (χ4n) is 0. The van der Waals surface area contributed by atoms with Gasteiger partial charge in [0, 0.05) is 13.1 Å². The summed E-state index contributed by atoms with van der Waals surface area (Å²) in [5, 5.41) is 0. The third-order valence-electron chi connectivity index (χ3n) is 0.167. The van der Waals surface area contributed by atoms with Crippen molar-refractivity contribution in [3.8, 4) is 0 Å². The zero-order valence-corrected chi connectivity index (χ0v) is 13.8. The molecule has 0 aromatic carbocycles. The normalized spacial score (nSPS) is 4.29. The summed E-state index contributed by atoms with van der Waals surface area (Å²) in [7, 11) is 0. The fourth-order valence-corrected chi connectivity index (χ4v) is 0. The molecule has 0 spiro atoms. The summed E-state index contributed by atoms with van der Waals surface area (Å²) in [5.74, 6) is 0. The van der Waals surface area contributed by atoms with E-state index in [1.54, 1.807) is 0 Å². The monoisotopic (exact) mass is 164 g/mol. The zero-order valence-electron chi connectivity index (χ0n) is 8.57. The van der Waals surface area contributed by atoms with Crippen LogP contribution in [0, 0.1) is 0 Å². The van der Waals surface area contributed by atoms with Gasteiger partial charge in [0.1, 0.15) is 0 Å². The van der Waals surface area contributed by atoms with Gasteiger partial charge in [-0.05, 0) is 0 Å². The molecular weight excluding hydrogens is 153 g/mol. The molecule has 7 heavy (non-hydrogen) atoms. The van der Waals surface area contributed by atoms with Crippen LogP contribution in [-0.4, -0.2) is 13.1 Å². The summed E-state index contributed by atoms with van der Waals surface area (Å²) in [6.07, 6.45) is 0. The van der Waals surface area contributed by atoms with Gasteiger partial charge < -0.3 is 15.7 Å². The van der Waals surface area contributed by atoms with Crippen molar-refractivity contribution in [1.82, 2.24) is 0 Å². The first-order valence-electron chi connectivity index (χ1n) is 1.32. The minimum Gasteiger partial charge on any atom is -1.00 e. The van der Waals surface area contributed by atoms with Gasteiger partial charge in [0.15, 0.2) is 0 Å². The fraction of sp³-hybridized carbons (Fsp3) is 1.00. The summed E-state index contributed by atoms with van der Waals surface area (Å²) >= 11 is 0. The summed E-state index contributed by atoms with van der Waals surface area (Å²) < 4.78 is 0. The molecule has 0 aliphatic rings. The van der Waals surface area contributed by atoms with Gasteiger partial charge in [-0.25, -0.2) is 0 Å². The molecular formula is C2H11K2N2Na. The number of rotatable bonds is 1. The number of hydrogen-bond donors (Lipinski definition) is 2. The summed E-state index contributed by atoms with van der Waals surface area (Å²) in [6, 6.07) is 0. The SMILES string of the molecule is NCCN.[H-].[H-].[H-].[K+].[K+].[Na+]. The Balaban J connectivity index is -0.00000000300. The second-order valence-electron chi connectivity index (χ2n) is 0.577. The van der Waals surface area contributed by atoms with Crippen LogP contribution in [0.15, 0.2) is 0 Å². The molecule has 0 radical (unpaired) electrons. The molecule has 0 aliphatic carbocycles. The van der Waals surface area contributed by atoms with E-state index in [-0.39, 0.29) is 137 Å². The standard InChI is InChI=1S/C2H8N2.2K.Na.3H/c3-1-2-4;;;;;;/h1-4H2;;;;;;/q;3*+1;3*-1. The molecule has 0 aromatic rings. The summed E-state index contributed by atoms with van der Waals surface area (Å²) in [5.41, 5.74) is 9.81. The van der Waals surface area contributed by atoms with Crippen LogP contribution >= 0.6 is 0 Å². The molecule has 0 rings (SSSR count). The van der Waals surface area contributed by atoms with Crippen LogP contribution in [0.5, 0.6) is 0 Å². The topological polar surface area (TPSA) is 52.0 Å². The average molecular weight is 164 g/mol. The van der Waals surface area contributed by atoms with Crippen LogP contribution in [0.1, 0.15) is 4.28 Å². The first-order chi connectivity index (χ1) is 1.91. The van der Waals surface area contributed by atoms with E-state index in [2.05, 4.69) is 0 Å². The van der Waals surface area contributed by atoms with Crippen LogP contribution in [0.3, 0.4) is 0 Å². The van der Waals surface area contributed by atoms with E-state index < -0.39 is 0 Å². The molecule has 4 N–H and O–H groups in total. The zero-order chi connectivity index (χ0) is 3.41. The smallest absolute Gasteiger partial charge is 1.00 e. The molecule has 2 nitrogen and oxygen atoms in total. The van der Waals surface area contributed by atoms with Crippen LogP contribution < -0.4 is 144 Å². The molecule has 0 aliphatic heterocycles. The summed E-state index contributed by atoms with van der Waals surface area (Å²) in [6.45, 7) is 1.19. The number of nitrogens with two attached hydrogens (primary N) is 2. The number of hydrogen-bond acceptors (Lipinski definition) is 2. The first-order valence-corrected chi connectivity index (χ1v) is 1.32. The van der Waals surface area contributed by atoms with Gasteiger partial charge >= 0.3 is 132 Å². The van der Waals surface area contributed by atoms with Crippen LogP contribution in [0.25, 0.3) is 0 Å². The third-order valence-corrected chi connectivity index (χ3v) is 0.167. The van der Waals surface area contributed by atoms with Crippen molar-refractivity contribution in [2.24, 2.45) is 11.5 Å². The molecule has 0 aromatic heterocycles. The molecule has 0 heterocycles. The van der Waals surface area contributed by atoms with Crippen molar-refractivity contribution in [3.05, 3.63) is 0 Å². The molecule has 0 unspecified atom stereocenters. The summed E-state index contributed by atoms with van der Waals surface area (Å²) in [4.78, 5) is 0. The Bertz CT molecular complexity index is 24.5. The Morgan fingerprint density at radius 2 is 1.14 bits per heavy atom. The van der Waals surface area contributed by atoms with E-state index in [1.165, 1.54) is 0 Å². The van der Waals surface area contributed by atoms with Crippen molar-refractivity contribution < 1.29 is 137 Å². The maximum Gasteiger partial charge on any atom is 1.00 e. The minimum absolute atomic E-state index is 0. The van der Waals surface area contributed by atoms with Crippen molar-refractivity contribution in [2.45, 2.75) is 0 Å². The largest absolute Gasteiger partial charge is 1.00 e. The molecule has 0 atom stereocenters. The van der Waals surface area contributed by atoms with Gasteiger partial charge in [-0.2, -0.15) is 0 Å². The van der Waals surface area contributed by atoms with Crippen LogP contribution in [0.4, 0.5) is 0 Å². The van der Waals surface area contributed by atoms with Crippen molar-refractivity contribution >= 4 is 0 Å². The van der Waals surface area contributed by atoms with Crippen molar-refractivity contribution in [1.29, 1.82) is 0 Å². The van der Waals surface area contributed by atoms with E-state index in [0.29, 0.717) is 13.1 Å². The van der Waals surface area contributed by atoms with E-state index in [0.717, 1.165) is 0 Å². The molecule has 0 fully saturated rings. The first kappa shape index (κ1) is 22.5. The van der Waals surface area contributed by atoms with Gasteiger partial charge in [-0.1, -0.05) is 0 Å². The maximum absolute atomic E-state index is 4.90. The molecule has 0 amide bonds. The van der Waals surface area contributed by atoms with Gasteiger partial charge in [-0.15, -0.1) is 0 Å². The van der Waals surface area contributed by atoms with E-state index in [9.17, 15) is 0 Å². The average Bonchev–Trinajstić information content (AvgIpc) is 1.37. The van der Waals surface area contributed by atoms with Gasteiger partial charge in [-0.3, -0.25) is 0 Å². The maximum atomic E-state index is 4.90. The molecule has 0 saturated carbocycles. The van der Waals surface area contributed by atoms with Crippen molar-refractivity contribution in [2.75, 3.05) is 13.1 Å². The second-order valence-corrected chi connectivity index (χ2v) is 0.577.